The Morgan fingerprint density at radius 3 is 2.50 bits per heavy atom. The lowest BCUT2D eigenvalue weighted by Crippen LogP contribution is -2.49. The second-order valence-electron chi connectivity index (χ2n) is 10.8. The Hall–Kier alpha value is -3.51. The topological polar surface area (TPSA) is 71.2 Å². The molecule has 0 spiro atoms. The fraction of sp³-hybridized carbons (Fsp3) is 0.367. The minimum Gasteiger partial charge on any atom is -0.389 e. The Bertz CT molecular complexity index is 1390. The van der Waals surface area contributed by atoms with Gasteiger partial charge in [0.25, 0.3) is 5.91 Å². The van der Waals surface area contributed by atoms with Gasteiger partial charge in [0.2, 0.25) is 0 Å². The van der Waals surface area contributed by atoms with Crippen molar-refractivity contribution in [2.24, 2.45) is 0 Å². The van der Waals surface area contributed by atoms with Gasteiger partial charge in [0.05, 0.1) is 28.8 Å². The van der Waals surface area contributed by atoms with Crippen molar-refractivity contribution in [3.63, 3.8) is 0 Å². The van der Waals surface area contributed by atoms with Crippen LogP contribution >= 0.6 is 0 Å². The highest BCUT2D eigenvalue weighted by Crippen LogP contribution is 2.40. The molecule has 186 valence electrons. The molecule has 0 saturated carbocycles. The Balaban J connectivity index is 1.57. The molecule has 1 aliphatic rings. The summed E-state index contributed by atoms with van der Waals surface area (Å²) in [6.45, 7) is 9.13. The summed E-state index contributed by atoms with van der Waals surface area (Å²) in [5, 5.41) is 16.0. The fourth-order valence-corrected chi connectivity index (χ4v) is 5.43. The van der Waals surface area contributed by atoms with E-state index in [0.29, 0.717) is 25.3 Å². The van der Waals surface area contributed by atoms with Crippen molar-refractivity contribution in [1.29, 1.82) is 0 Å². The van der Waals surface area contributed by atoms with Gasteiger partial charge in [-0.05, 0) is 70.4 Å². The molecule has 36 heavy (non-hydrogen) atoms. The number of nitrogens with zero attached hydrogens (tertiary/aromatic N) is 4. The van der Waals surface area contributed by atoms with Crippen molar-refractivity contribution in [3.05, 3.63) is 94.9 Å². The predicted molar refractivity (Wildman–Crippen MR) is 142 cm³/mol. The number of fused-ring (bicyclic) bond motifs is 1. The van der Waals surface area contributed by atoms with Gasteiger partial charge in [-0.1, -0.05) is 47.5 Å². The van der Waals surface area contributed by atoms with Crippen molar-refractivity contribution in [3.8, 4) is 0 Å². The summed E-state index contributed by atoms with van der Waals surface area (Å²) in [5.74, 6) is -0.0767. The lowest BCUT2D eigenvalue weighted by molar-refractivity contribution is 0.0573. The molecule has 1 atom stereocenters. The Morgan fingerprint density at radius 1 is 1.06 bits per heavy atom. The number of carbonyl (C=O) groups is 1. The van der Waals surface area contributed by atoms with E-state index >= 15 is 0 Å². The van der Waals surface area contributed by atoms with Gasteiger partial charge >= 0.3 is 0 Å². The van der Waals surface area contributed by atoms with Gasteiger partial charge in [-0.25, -0.2) is 0 Å². The molecule has 5 rings (SSSR count). The molecule has 1 amide bonds. The molecule has 3 heterocycles. The van der Waals surface area contributed by atoms with Crippen molar-refractivity contribution in [2.75, 3.05) is 13.1 Å². The van der Waals surface area contributed by atoms with Gasteiger partial charge in [-0.15, -0.1) is 0 Å². The zero-order valence-corrected chi connectivity index (χ0v) is 21.5. The van der Waals surface area contributed by atoms with Crippen molar-refractivity contribution in [1.82, 2.24) is 19.7 Å². The van der Waals surface area contributed by atoms with Crippen molar-refractivity contribution >= 4 is 16.8 Å². The zero-order valence-electron chi connectivity index (χ0n) is 21.5. The largest absolute Gasteiger partial charge is 0.389 e. The van der Waals surface area contributed by atoms with Crippen LogP contribution in [0.4, 0.5) is 0 Å². The number of rotatable bonds is 5. The van der Waals surface area contributed by atoms with Crippen molar-refractivity contribution in [2.45, 2.75) is 58.1 Å². The number of piperidine rings is 1. The smallest absolute Gasteiger partial charge is 0.275 e. The molecule has 6 nitrogen and oxygen atoms in total. The van der Waals surface area contributed by atoms with Gasteiger partial charge in [0.15, 0.2) is 5.69 Å². The van der Waals surface area contributed by atoms with Crippen LogP contribution in [0.5, 0.6) is 0 Å². The van der Waals surface area contributed by atoms with E-state index in [1.165, 1.54) is 11.1 Å². The number of pyridine rings is 1. The fourth-order valence-electron chi connectivity index (χ4n) is 5.43. The Kier molecular flexibility index (Phi) is 6.17. The minimum absolute atomic E-state index is 0.0767. The van der Waals surface area contributed by atoms with Crippen molar-refractivity contribution < 1.29 is 9.90 Å². The first kappa shape index (κ1) is 24.2. The highest BCUT2D eigenvalue weighted by Gasteiger charge is 2.42. The summed E-state index contributed by atoms with van der Waals surface area (Å²) in [5.41, 5.74) is 4.41. The average Bonchev–Trinajstić information content (AvgIpc) is 3.20. The molecule has 2 aromatic carbocycles. The average molecular weight is 483 g/mol. The highest BCUT2D eigenvalue weighted by molar-refractivity contribution is 6.05. The van der Waals surface area contributed by atoms with Crippen LogP contribution in [0.15, 0.2) is 66.9 Å². The summed E-state index contributed by atoms with van der Waals surface area (Å²) >= 11 is 0. The number of hydrogen-bond acceptors (Lipinski definition) is 4. The molecule has 1 aliphatic heterocycles. The molecular formula is C30H34N4O2. The molecule has 0 radical (unpaired) electrons. The highest BCUT2D eigenvalue weighted by atomic mass is 16.3. The van der Waals surface area contributed by atoms with Crippen LogP contribution in [0.1, 0.15) is 59.6 Å². The van der Waals surface area contributed by atoms with E-state index in [-0.39, 0.29) is 11.3 Å². The van der Waals surface area contributed by atoms with Gasteiger partial charge in [0, 0.05) is 24.7 Å². The lowest BCUT2D eigenvalue weighted by Gasteiger charge is -2.43. The van der Waals surface area contributed by atoms with Crippen LogP contribution in [0.2, 0.25) is 0 Å². The monoisotopic (exact) mass is 482 g/mol. The minimum atomic E-state index is -0.950. The van der Waals surface area contributed by atoms with Crippen LogP contribution in [-0.4, -0.2) is 49.4 Å². The molecule has 1 fully saturated rings. The van der Waals surface area contributed by atoms with E-state index < -0.39 is 5.60 Å². The molecule has 6 heteroatoms. The van der Waals surface area contributed by atoms with Gasteiger partial charge in [-0.2, -0.15) is 5.10 Å². The number of carbonyl (C=O) groups excluding carboxylic acids is 1. The van der Waals surface area contributed by atoms with Gasteiger partial charge in [-0.3, -0.25) is 14.5 Å². The van der Waals surface area contributed by atoms with Crippen LogP contribution in [0, 0.1) is 13.8 Å². The molecule has 0 aliphatic carbocycles. The standard InChI is InChI=1S/C30H34N4O2/c1-21-9-12-23(13-10-21)30(26-8-5-6-16-31-26)15-7-17-33(20-30)28(35)27-24-18-22(2)11-14-25(24)34(32-27)19-29(3,4)36/h5-6,8-14,16,18,36H,7,15,17,19-20H2,1-4H3/t30-/m0/s1. The van der Waals surface area contributed by atoms with E-state index in [2.05, 4.69) is 37.3 Å². The number of aryl methyl sites for hydroxylation is 2. The third-order valence-electron chi connectivity index (χ3n) is 7.18. The molecule has 0 unspecified atom stereocenters. The number of likely N-dealkylation sites (tertiary alicyclic amines) is 1. The summed E-state index contributed by atoms with van der Waals surface area (Å²) in [4.78, 5) is 20.8. The van der Waals surface area contributed by atoms with Gasteiger partial charge in [0.1, 0.15) is 0 Å². The lowest BCUT2D eigenvalue weighted by atomic mass is 9.71. The van der Waals surface area contributed by atoms with Gasteiger partial charge < -0.3 is 10.0 Å². The molecule has 4 aromatic rings. The number of amides is 1. The normalized spacial score (nSPS) is 18.5. The SMILES string of the molecule is Cc1ccc([C@]2(c3ccccn3)CCCN(C(=O)c3nn(CC(C)(C)O)c4ccc(C)cc34)C2)cc1. The first-order valence-electron chi connectivity index (χ1n) is 12.6. The number of aliphatic hydroxyl groups is 1. The summed E-state index contributed by atoms with van der Waals surface area (Å²) in [7, 11) is 0. The molecule has 0 bridgehead atoms. The molecular weight excluding hydrogens is 448 g/mol. The van der Waals surface area contributed by atoms with E-state index in [1.54, 1.807) is 18.5 Å². The first-order chi connectivity index (χ1) is 17.2. The number of aromatic nitrogens is 3. The van der Waals surface area contributed by atoms with Crippen LogP contribution in [0.25, 0.3) is 10.9 Å². The van der Waals surface area contributed by atoms with Crippen LogP contribution < -0.4 is 0 Å². The Labute approximate surface area is 212 Å². The summed E-state index contributed by atoms with van der Waals surface area (Å²) in [6.07, 6.45) is 3.63. The molecule has 1 N–H and O–H groups in total. The maximum absolute atomic E-state index is 14.1. The summed E-state index contributed by atoms with van der Waals surface area (Å²) in [6, 6.07) is 20.7. The number of benzene rings is 2. The first-order valence-corrected chi connectivity index (χ1v) is 12.6. The predicted octanol–water partition coefficient (Wildman–Crippen LogP) is 5.04. The second kappa shape index (κ2) is 9.17. The second-order valence-corrected chi connectivity index (χ2v) is 10.8. The third-order valence-corrected chi connectivity index (χ3v) is 7.18. The van der Waals surface area contributed by atoms with E-state index in [9.17, 15) is 9.90 Å². The van der Waals surface area contributed by atoms with E-state index in [1.807, 2.05) is 48.4 Å². The van der Waals surface area contributed by atoms with Crippen LogP contribution in [-0.2, 0) is 12.0 Å². The maximum atomic E-state index is 14.1. The number of hydrogen-bond donors (Lipinski definition) is 1. The third kappa shape index (κ3) is 4.53. The summed E-state index contributed by atoms with van der Waals surface area (Å²) < 4.78 is 1.76. The zero-order chi connectivity index (χ0) is 25.5. The van der Waals surface area contributed by atoms with E-state index in [4.69, 9.17) is 10.1 Å². The Morgan fingerprint density at radius 2 is 1.81 bits per heavy atom. The van der Waals surface area contributed by atoms with Crippen LogP contribution in [0.3, 0.4) is 0 Å². The molecule has 2 aromatic heterocycles. The quantitative estimate of drug-likeness (QED) is 0.433. The maximum Gasteiger partial charge on any atom is 0.275 e. The molecule has 1 saturated heterocycles. The van der Waals surface area contributed by atoms with E-state index in [0.717, 1.165) is 35.0 Å².